The van der Waals surface area contributed by atoms with Gasteiger partial charge in [-0.3, -0.25) is 9.59 Å². The van der Waals surface area contributed by atoms with Crippen molar-refractivity contribution in [1.29, 1.82) is 0 Å². The van der Waals surface area contributed by atoms with Crippen LogP contribution in [0.1, 0.15) is 89.3 Å². The third kappa shape index (κ3) is 5.90. The highest BCUT2D eigenvalue weighted by molar-refractivity contribution is 6.77. The number of Topliss-reactive ketones (excluding diaryl/α,β-unsaturated/α-hetero) is 2. The van der Waals surface area contributed by atoms with E-state index in [0.29, 0.717) is 39.8 Å². The van der Waals surface area contributed by atoms with Gasteiger partial charge in [-0.15, -0.1) is 0 Å². The lowest BCUT2D eigenvalue weighted by molar-refractivity contribution is -0.242. The molecule has 0 saturated carbocycles. The van der Waals surface area contributed by atoms with E-state index < -0.39 is 39.1 Å². The Morgan fingerprint density at radius 2 is 1.66 bits per heavy atom. The van der Waals surface area contributed by atoms with Crippen LogP contribution in [0, 0.1) is 5.92 Å². The van der Waals surface area contributed by atoms with Crippen molar-refractivity contribution < 1.29 is 34.3 Å². The molecule has 0 aromatic heterocycles. The van der Waals surface area contributed by atoms with Gasteiger partial charge in [-0.2, -0.15) is 0 Å². The number of hydrogen-bond donors (Lipinski definition) is 0. The monoisotopic (exact) mass is 551 g/mol. The number of rotatable bonds is 12. The smallest absolute Gasteiger partial charge is 0.224 e. The summed E-state index contributed by atoms with van der Waals surface area (Å²) in [5.74, 6) is -1.05. The zero-order chi connectivity index (χ0) is 29.2. The molecule has 216 valence electrons. The molecule has 0 amide bonds. The summed E-state index contributed by atoms with van der Waals surface area (Å²) in [6.07, 6.45) is -1.09. The number of unbranched alkanes of at least 4 members (excludes halogenated alkanes) is 1. The summed E-state index contributed by atoms with van der Waals surface area (Å²) in [4.78, 5) is 27.8. The topological polar surface area (TPSA) is 80.3 Å². The predicted molar refractivity (Wildman–Crippen MR) is 150 cm³/mol. The lowest BCUT2D eigenvalue weighted by Gasteiger charge is -2.48. The van der Waals surface area contributed by atoms with Crippen molar-refractivity contribution in [2.24, 2.45) is 5.92 Å². The molecule has 1 fully saturated rings. The second kappa shape index (κ2) is 12.9. The summed E-state index contributed by atoms with van der Waals surface area (Å²) in [7, 11) is -0.709. The second-order valence-electron chi connectivity index (χ2n) is 12.0. The Morgan fingerprint density at radius 3 is 2.18 bits per heavy atom. The molecule has 3 aliphatic rings. The number of carbonyl (C=O) groups excluding carboxylic acids is 2. The van der Waals surface area contributed by atoms with Crippen molar-refractivity contribution in [3.05, 3.63) is 22.5 Å². The molecule has 2 aliphatic heterocycles. The van der Waals surface area contributed by atoms with Gasteiger partial charge in [0, 0.05) is 37.5 Å². The average molecular weight is 552 g/mol. The molecular weight excluding hydrogens is 500 g/mol. The molecule has 0 N–H and O–H groups in total. The minimum atomic E-state index is -2.21. The van der Waals surface area contributed by atoms with Crippen LogP contribution >= 0.6 is 0 Å². The molecule has 1 aliphatic carbocycles. The van der Waals surface area contributed by atoms with E-state index >= 15 is 0 Å². The molecule has 0 spiro atoms. The molecule has 3 rings (SSSR count). The van der Waals surface area contributed by atoms with Crippen LogP contribution in [0.15, 0.2) is 22.5 Å². The van der Waals surface area contributed by atoms with Crippen LogP contribution in [0.3, 0.4) is 0 Å². The fraction of sp³-hybridized carbons (Fsp3) is 0.800. The standard InChI is InChI=1S/C30H50O7Si/c1-11-12-13-21-27(31)23-15-34-29-22(26(23)28(32)30(21)36-17(2)3)14-25(33-10)37-24(29)16-35-38(18(4)5,19(6)7)20(8)9/h17-20,22,24-25,29H,11-16H2,1-10H3/t22-,24-,25+,29+/m1/s1/i14D/t14-,22-,24-,25+,29+. The van der Waals surface area contributed by atoms with Gasteiger partial charge >= 0.3 is 0 Å². The Bertz CT molecular complexity index is 949. The molecule has 2 heterocycles. The minimum absolute atomic E-state index is 0.0109. The first-order valence-corrected chi connectivity index (χ1v) is 16.6. The van der Waals surface area contributed by atoms with Crippen LogP contribution in [-0.4, -0.2) is 64.8 Å². The first-order valence-electron chi connectivity index (χ1n) is 15.0. The van der Waals surface area contributed by atoms with Gasteiger partial charge in [0.05, 0.1) is 25.4 Å². The summed E-state index contributed by atoms with van der Waals surface area (Å²) in [6.45, 7) is 19.4. The normalized spacial score (nSPS) is 29.0. The SMILES string of the molecule is [2H][C@H]1[C@@H](OC)O[C@H](CO[Si](C(C)C)(C(C)C)C(C)C)[C@H]2OCC3=C(C(=O)C(OC(C)C)=C(CCCC)C3=O)[C@@H]12. The van der Waals surface area contributed by atoms with Crippen LogP contribution in [0.2, 0.25) is 16.6 Å². The summed E-state index contributed by atoms with van der Waals surface area (Å²) in [6, 6.07) is 0. The van der Waals surface area contributed by atoms with Gasteiger partial charge in [-0.25, -0.2) is 0 Å². The molecule has 0 aromatic rings. The van der Waals surface area contributed by atoms with Crippen molar-refractivity contribution in [3.8, 4) is 0 Å². The summed E-state index contributed by atoms with van der Waals surface area (Å²) in [5.41, 5.74) is 2.28. The van der Waals surface area contributed by atoms with Gasteiger partial charge in [0.2, 0.25) is 5.78 Å². The fourth-order valence-corrected chi connectivity index (χ4v) is 12.1. The maximum atomic E-state index is 14.1. The van der Waals surface area contributed by atoms with E-state index in [0.717, 1.165) is 12.8 Å². The first kappa shape index (κ1) is 29.7. The fourth-order valence-electron chi connectivity index (χ4n) is 6.69. The second-order valence-corrected chi connectivity index (χ2v) is 17.5. The molecule has 38 heavy (non-hydrogen) atoms. The third-order valence-corrected chi connectivity index (χ3v) is 14.4. The molecule has 0 bridgehead atoms. The molecule has 5 atom stereocenters. The number of fused-ring (bicyclic) bond motifs is 2. The molecule has 0 unspecified atom stereocenters. The van der Waals surface area contributed by atoms with Crippen LogP contribution in [0.25, 0.3) is 0 Å². The summed E-state index contributed by atoms with van der Waals surface area (Å²) >= 11 is 0. The van der Waals surface area contributed by atoms with Gasteiger partial charge in [0.25, 0.3) is 0 Å². The van der Waals surface area contributed by atoms with Crippen LogP contribution in [-0.2, 0) is 33.0 Å². The van der Waals surface area contributed by atoms with Gasteiger partial charge < -0.3 is 23.4 Å². The maximum Gasteiger partial charge on any atom is 0.224 e. The Morgan fingerprint density at radius 1 is 1.03 bits per heavy atom. The van der Waals surface area contributed by atoms with Gasteiger partial charge in [-0.1, -0.05) is 54.9 Å². The van der Waals surface area contributed by atoms with E-state index in [9.17, 15) is 9.59 Å². The van der Waals surface area contributed by atoms with E-state index in [4.69, 9.17) is 24.7 Å². The average Bonchev–Trinajstić information content (AvgIpc) is 2.86. The van der Waals surface area contributed by atoms with E-state index in [-0.39, 0.29) is 36.6 Å². The Hall–Kier alpha value is -1.32. The van der Waals surface area contributed by atoms with Crippen molar-refractivity contribution >= 4 is 19.9 Å². The van der Waals surface area contributed by atoms with E-state index in [1.165, 1.54) is 7.11 Å². The Balaban J connectivity index is 2.01. The lowest BCUT2D eigenvalue weighted by Crippen LogP contribution is -2.56. The quantitative estimate of drug-likeness (QED) is 0.209. The highest BCUT2D eigenvalue weighted by atomic mass is 28.4. The molecule has 0 aromatic carbocycles. The Kier molecular flexibility index (Phi) is 10.1. The number of ether oxygens (including phenoxy) is 4. The first-order chi connectivity index (χ1) is 18.3. The number of ketones is 2. The Labute approximate surface area is 232 Å². The molecule has 7 nitrogen and oxygen atoms in total. The van der Waals surface area contributed by atoms with Gasteiger partial charge in [0.1, 0.15) is 6.10 Å². The minimum Gasteiger partial charge on any atom is -0.486 e. The number of allylic oxidation sites excluding steroid dienone is 2. The maximum absolute atomic E-state index is 14.1. The zero-order valence-corrected chi connectivity index (χ0v) is 26.1. The molecule has 8 heteroatoms. The highest BCUT2D eigenvalue weighted by Crippen LogP contribution is 2.46. The summed E-state index contributed by atoms with van der Waals surface area (Å²) < 4.78 is 40.0. The third-order valence-electron chi connectivity index (χ3n) is 8.32. The highest BCUT2D eigenvalue weighted by Gasteiger charge is 2.52. The van der Waals surface area contributed by atoms with Crippen molar-refractivity contribution in [1.82, 2.24) is 0 Å². The largest absolute Gasteiger partial charge is 0.486 e. The van der Waals surface area contributed by atoms with Gasteiger partial charge in [-0.05, 0) is 43.3 Å². The van der Waals surface area contributed by atoms with Crippen LogP contribution < -0.4 is 0 Å². The molecule has 1 saturated heterocycles. The molecule has 0 radical (unpaired) electrons. The van der Waals surface area contributed by atoms with Gasteiger partial charge in [0.15, 0.2) is 26.1 Å². The predicted octanol–water partition coefficient (Wildman–Crippen LogP) is 6.27. The van der Waals surface area contributed by atoms with Crippen LogP contribution in [0.4, 0.5) is 0 Å². The van der Waals surface area contributed by atoms with Crippen molar-refractivity contribution in [3.63, 3.8) is 0 Å². The van der Waals surface area contributed by atoms with Crippen molar-refractivity contribution in [2.45, 2.75) is 129 Å². The van der Waals surface area contributed by atoms with E-state index in [1.807, 2.05) is 20.8 Å². The number of hydrogen-bond acceptors (Lipinski definition) is 7. The summed E-state index contributed by atoms with van der Waals surface area (Å²) in [5, 5.41) is 0. The van der Waals surface area contributed by atoms with Crippen LogP contribution in [0.5, 0.6) is 0 Å². The zero-order valence-electron chi connectivity index (χ0n) is 26.1. The van der Waals surface area contributed by atoms with E-state index in [2.05, 4.69) is 41.5 Å². The number of methoxy groups -OCH3 is 1. The molecular formula is C30H50O7Si. The van der Waals surface area contributed by atoms with E-state index in [1.54, 1.807) is 0 Å². The lowest BCUT2D eigenvalue weighted by atomic mass is 9.74. The van der Waals surface area contributed by atoms with Crippen molar-refractivity contribution in [2.75, 3.05) is 20.3 Å². The number of carbonyl (C=O) groups is 2.